The maximum Gasteiger partial charge on any atom is 0.239 e. The number of hydrogen-bond acceptors (Lipinski definition) is 5. The van der Waals surface area contributed by atoms with E-state index in [1.807, 2.05) is 25.1 Å². The maximum atomic E-state index is 12.9. The number of sulfonamides is 1. The van der Waals surface area contributed by atoms with Crippen LogP contribution < -0.4 is 9.64 Å². The number of carbonyl (C=O) groups is 1. The largest absolute Gasteiger partial charge is 0.492 e. The normalized spacial score (nSPS) is 15.0. The van der Waals surface area contributed by atoms with E-state index >= 15 is 0 Å². The van der Waals surface area contributed by atoms with Crippen LogP contribution in [0.15, 0.2) is 48.5 Å². The first-order valence-electron chi connectivity index (χ1n) is 10.2. The molecule has 1 aliphatic heterocycles. The number of carbonyl (C=O) groups excluding carboxylic acids is 1. The fourth-order valence-corrected chi connectivity index (χ4v) is 4.80. The first-order chi connectivity index (χ1) is 14.7. The third-order valence-corrected chi connectivity index (χ3v) is 7.00. The SMILES string of the molecule is Cc1cccc(N2CCN(S(=O)(=O)CC(=O)N(C)CCOc3ccc(F)cc3)CC2)c1. The molecule has 0 bridgehead atoms. The van der Waals surface area contributed by atoms with Gasteiger partial charge in [-0.15, -0.1) is 0 Å². The van der Waals surface area contributed by atoms with Crippen molar-refractivity contribution in [1.82, 2.24) is 9.21 Å². The van der Waals surface area contributed by atoms with Gasteiger partial charge < -0.3 is 14.5 Å². The molecule has 168 valence electrons. The van der Waals surface area contributed by atoms with Gasteiger partial charge in [0.15, 0.2) is 0 Å². The van der Waals surface area contributed by atoms with Gasteiger partial charge in [-0.3, -0.25) is 4.79 Å². The van der Waals surface area contributed by atoms with Gasteiger partial charge in [-0.05, 0) is 48.9 Å². The van der Waals surface area contributed by atoms with E-state index in [1.54, 1.807) is 7.05 Å². The van der Waals surface area contributed by atoms with Gasteiger partial charge in [0, 0.05) is 38.9 Å². The molecule has 0 atom stereocenters. The summed E-state index contributed by atoms with van der Waals surface area (Å²) in [7, 11) is -2.15. The minimum Gasteiger partial charge on any atom is -0.492 e. The van der Waals surface area contributed by atoms with Gasteiger partial charge in [0.05, 0.1) is 6.54 Å². The molecule has 1 saturated heterocycles. The van der Waals surface area contributed by atoms with Crippen LogP contribution in [-0.4, -0.2) is 75.7 Å². The van der Waals surface area contributed by atoms with Crippen LogP contribution in [0.3, 0.4) is 0 Å². The van der Waals surface area contributed by atoms with E-state index in [1.165, 1.54) is 33.5 Å². The summed E-state index contributed by atoms with van der Waals surface area (Å²) < 4.78 is 45.2. The van der Waals surface area contributed by atoms with Gasteiger partial charge in [-0.1, -0.05) is 12.1 Å². The highest BCUT2D eigenvalue weighted by Gasteiger charge is 2.30. The third-order valence-electron chi connectivity index (χ3n) is 5.24. The predicted molar refractivity (Wildman–Crippen MR) is 118 cm³/mol. The number of hydrogen-bond donors (Lipinski definition) is 0. The quantitative estimate of drug-likeness (QED) is 0.618. The second-order valence-electron chi connectivity index (χ2n) is 7.60. The second-order valence-corrected chi connectivity index (χ2v) is 9.57. The minimum atomic E-state index is -3.69. The zero-order valence-electron chi connectivity index (χ0n) is 17.8. The Labute approximate surface area is 183 Å². The molecule has 1 fully saturated rings. The summed E-state index contributed by atoms with van der Waals surface area (Å²) in [6.07, 6.45) is 0. The number of piperazine rings is 1. The van der Waals surface area contributed by atoms with Gasteiger partial charge in [0.2, 0.25) is 15.9 Å². The lowest BCUT2D eigenvalue weighted by molar-refractivity contribution is -0.127. The van der Waals surface area contributed by atoms with E-state index in [4.69, 9.17) is 4.74 Å². The molecular formula is C22H28FN3O4S. The fraction of sp³-hybridized carbons (Fsp3) is 0.409. The van der Waals surface area contributed by atoms with Crippen molar-refractivity contribution in [2.75, 3.05) is 57.0 Å². The molecule has 7 nitrogen and oxygen atoms in total. The Morgan fingerprint density at radius 2 is 1.77 bits per heavy atom. The molecule has 1 amide bonds. The molecule has 1 heterocycles. The van der Waals surface area contributed by atoms with Crippen molar-refractivity contribution in [3.8, 4) is 5.75 Å². The molecule has 3 rings (SSSR count). The molecule has 0 radical (unpaired) electrons. The monoisotopic (exact) mass is 449 g/mol. The minimum absolute atomic E-state index is 0.184. The van der Waals surface area contributed by atoms with Crippen LogP contribution in [0.2, 0.25) is 0 Å². The lowest BCUT2D eigenvalue weighted by atomic mass is 10.2. The number of amides is 1. The molecule has 0 N–H and O–H groups in total. The highest BCUT2D eigenvalue weighted by Crippen LogP contribution is 2.19. The summed E-state index contributed by atoms with van der Waals surface area (Å²) in [4.78, 5) is 15.9. The van der Waals surface area contributed by atoms with E-state index in [0.29, 0.717) is 31.9 Å². The van der Waals surface area contributed by atoms with Gasteiger partial charge in [-0.2, -0.15) is 4.31 Å². The Morgan fingerprint density at radius 3 is 2.42 bits per heavy atom. The van der Waals surface area contributed by atoms with Crippen LogP contribution in [0.25, 0.3) is 0 Å². The van der Waals surface area contributed by atoms with E-state index in [9.17, 15) is 17.6 Å². The Morgan fingerprint density at radius 1 is 1.10 bits per heavy atom. The molecule has 0 unspecified atom stereocenters. The molecular weight excluding hydrogens is 421 g/mol. The topological polar surface area (TPSA) is 70.2 Å². The summed E-state index contributed by atoms with van der Waals surface area (Å²) in [6.45, 7) is 4.30. The number of anilines is 1. The predicted octanol–water partition coefficient (Wildman–Crippen LogP) is 2.12. The maximum absolute atomic E-state index is 12.9. The summed E-state index contributed by atoms with van der Waals surface area (Å²) >= 11 is 0. The van der Waals surface area contributed by atoms with Crippen LogP contribution in [0.5, 0.6) is 5.75 Å². The third kappa shape index (κ3) is 6.41. The Kier molecular flexibility index (Phi) is 7.50. The first-order valence-corrected chi connectivity index (χ1v) is 11.8. The fourth-order valence-electron chi connectivity index (χ4n) is 3.36. The zero-order chi connectivity index (χ0) is 22.4. The van der Waals surface area contributed by atoms with Crippen LogP contribution in [-0.2, 0) is 14.8 Å². The van der Waals surface area contributed by atoms with Crippen molar-refractivity contribution in [3.05, 3.63) is 59.9 Å². The Balaban J connectivity index is 1.46. The van der Waals surface area contributed by atoms with Crippen molar-refractivity contribution in [3.63, 3.8) is 0 Å². The second kappa shape index (κ2) is 10.1. The summed E-state index contributed by atoms with van der Waals surface area (Å²) in [5, 5.41) is 0. The number of halogens is 1. The van der Waals surface area contributed by atoms with Crippen molar-refractivity contribution in [1.29, 1.82) is 0 Å². The lowest BCUT2D eigenvalue weighted by Gasteiger charge is -2.35. The van der Waals surface area contributed by atoms with Gasteiger partial charge >= 0.3 is 0 Å². The summed E-state index contributed by atoms with van der Waals surface area (Å²) in [5.41, 5.74) is 2.23. The van der Waals surface area contributed by atoms with Crippen molar-refractivity contribution in [2.24, 2.45) is 0 Å². The highest BCUT2D eigenvalue weighted by molar-refractivity contribution is 7.89. The van der Waals surface area contributed by atoms with E-state index in [0.717, 1.165) is 11.3 Å². The van der Waals surface area contributed by atoms with Crippen molar-refractivity contribution < 1.29 is 22.3 Å². The van der Waals surface area contributed by atoms with Gasteiger partial charge in [0.1, 0.15) is 23.9 Å². The molecule has 2 aromatic carbocycles. The molecule has 0 spiro atoms. The van der Waals surface area contributed by atoms with Gasteiger partial charge in [-0.25, -0.2) is 12.8 Å². The van der Waals surface area contributed by atoms with Crippen LogP contribution in [0.4, 0.5) is 10.1 Å². The first kappa shape index (κ1) is 23.0. The molecule has 1 aliphatic rings. The molecule has 31 heavy (non-hydrogen) atoms. The van der Waals surface area contributed by atoms with Crippen molar-refractivity contribution >= 4 is 21.6 Å². The zero-order valence-corrected chi connectivity index (χ0v) is 18.6. The number of benzene rings is 2. The average molecular weight is 450 g/mol. The molecule has 0 saturated carbocycles. The average Bonchev–Trinajstić information content (AvgIpc) is 2.75. The summed E-state index contributed by atoms with van der Waals surface area (Å²) in [5.74, 6) is -0.917. The summed E-state index contributed by atoms with van der Waals surface area (Å²) in [6, 6.07) is 13.7. The molecule has 2 aromatic rings. The standard InChI is InChI=1S/C22H28FN3O4S/c1-18-4-3-5-20(16-18)25-10-12-26(13-11-25)31(28,29)17-22(27)24(2)14-15-30-21-8-6-19(23)7-9-21/h3-9,16H,10-15,17H2,1-2H3. The Bertz CT molecular complexity index is 990. The van der Waals surface area contributed by atoms with Crippen LogP contribution in [0, 0.1) is 12.7 Å². The van der Waals surface area contributed by atoms with Crippen LogP contribution in [0.1, 0.15) is 5.56 Å². The Hall–Kier alpha value is -2.65. The van der Waals surface area contributed by atoms with Crippen molar-refractivity contribution in [2.45, 2.75) is 6.92 Å². The van der Waals surface area contributed by atoms with Crippen LogP contribution >= 0.6 is 0 Å². The van der Waals surface area contributed by atoms with E-state index < -0.39 is 21.7 Å². The lowest BCUT2D eigenvalue weighted by Crippen LogP contribution is -2.51. The number of nitrogens with zero attached hydrogens (tertiary/aromatic N) is 3. The van der Waals surface area contributed by atoms with E-state index in [-0.39, 0.29) is 19.0 Å². The number of ether oxygens (including phenoxy) is 1. The highest BCUT2D eigenvalue weighted by atomic mass is 32.2. The smallest absolute Gasteiger partial charge is 0.239 e. The molecule has 9 heteroatoms. The van der Waals surface area contributed by atoms with Gasteiger partial charge in [0.25, 0.3) is 0 Å². The number of aryl methyl sites for hydroxylation is 1. The van der Waals surface area contributed by atoms with E-state index in [2.05, 4.69) is 11.0 Å². The number of likely N-dealkylation sites (N-methyl/N-ethyl adjacent to an activating group) is 1. The molecule has 0 aliphatic carbocycles. The molecule has 0 aromatic heterocycles. The number of rotatable bonds is 8.